The summed E-state index contributed by atoms with van der Waals surface area (Å²) < 4.78 is 0. The Kier molecular flexibility index (Phi) is 6.67. The fourth-order valence-electron chi connectivity index (χ4n) is 2.69. The van der Waals surface area contributed by atoms with Gasteiger partial charge in [-0.3, -0.25) is 4.79 Å². The summed E-state index contributed by atoms with van der Waals surface area (Å²) in [5.41, 5.74) is 5.59. The van der Waals surface area contributed by atoms with Crippen molar-refractivity contribution in [3.05, 3.63) is 12.3 Å². The Hall–Kier alpha value is -2.01. The standard InChI is InChI=1S/C16H24N6OS/c1-12(2)11-13(15(18)23)22(6-4-17)14-3-5-19-16(20-14)21-7-9-24-10-8-21/h3,5,12-13H,6-11H2,1-2H3,(H2,18,23)/t13-/m0/s1. The van der Waals surface area contributed by atoms with E-state index in [0.717, 1.165) is 24.6 Å². The van der Waals surface area contributed by atoms with E-state index in [1.165, 1.54) is 0 Å². The van der Waals surface area contributed by atoms with Gasteiger partial charge in [0.1, 0.15) is 18.4 Å². The normalized spacial score (nSPS) is 15.8. The third kappa shape index (κ3) is 4.74. The first-order valence-electron chi connectivity index (χ1n) is 8.11. The SMILES string of the molecule is CC(C)C[C@@H](C(N)=O)N(CC#N)c1ccnc(N2CCSCC2)n1. The van der Waals surface area contributed by atoms with E-state index in [2.05, 4.69) is 20.9 Å². The Morgan fingerprint density at radius 1 is 1.50 bits per heavy atom. The molecule has 24 heavy (non-hydrogen) atoms. The molecule has 8 heteroatoms. The monoisotopic (exact) mass is 348 g/mol. The van der Waals surface area contributed by atoms with Crippen molar-refractivity contribution >= 4 is 29.4 Å². The van der Waals surface area contributed by atoms with Crippen LogP contribution in [0.2, 0.25) is 0 Å². The minimum absolute atomic E-state index is 0.0621. The number of carbonyl (C=O) groups excluding carboxylic acids is 1. The highest BCUT2D eigenvalue weighted by molar-refractivity contribution is 7.99. The zero-order valence-electron chi connectivity index (χ0n) is 14.2. The molecule has 1 saturated heterocycles. The Labute approximate surface area is 147 Å². The molecule has 0 saturated carbocycles. The van der Waals surface area contributed by atoms with Crippen molar-refractivity contribution in [1.82, 2.24) is 9.97 Å². The second-order valence-corrected chi connectivity index (χ2v) is 7.37. The predicted octanol–water partition coefficient (Wildman–Crippen LogP) is 1.26. The van der Waals surface area contributed by atoms with Crippen LogP contribution in [0.25, 0.3) is 0 Å². The third-order valence-corrected chi connectivity index (χ3v) is 4.80. The number of nitriles is 1. The lowest BCUT2D eigenvalue weighted by molar-refractivity contribution is -0.119. The number of thioether (sulfide) groups is 1. The van der Waals surface area contributed by atoms with E-state index >= 15 is 0 Å². The lowest BCUT2D eigenvalue weighted by Gasteiger charge is -2.31. The molecule has 130 valence electrons. The van der Waals surface area contributed by atoms with E-state index in [1.807, 2.05) is 25.6 Å². The summed E-state index contributed by atoms with van der Waals surface area (Å²) in [7, 11) is 0. The fraction of sp³-hybridized carbons (Fsp3) is 0.625. The maximum Gasteiger partial charge on any atom is 0.240 e. The van der Waals surface area contributed by atoms with Gasteiger partial charge in [0, 0.05) is 30.8 Å². The van der Waals surface area contributed by atoms with Gasteiger partial charge in [-0.2, -0.15) is 22.0 Å². The largest absolute Gasteiger partial charge is 0.368 e. The summed E-state index contributed by atoms with van der Waals surface area (Å²) in [5, 5.41) is 9.18. The molecule has 1 aliphatic heterocycles. The van der Waals surface area contributed by atoms with Gasteiger partial charge >= 0.3 is 0 Å². The number of carbonyl (C=O) groups is 1. The first-order chi connectivity index (χ1) is 11.5. The molecule has 7 nitrogen and oxygen atoms in total. The summed E-state index contributed by atoms with van der Waals surface area (Å²) in [6.07, 6.45) is 2.26. The molecule has 1 fully saturated rings. The first-order valence-corrected chi connectivity index (χ1v) is 9.27. The maximum atomic E-state index is 11.9. The molecule has 0 radical (unpaired) electrons. The van der Waals surface area contributed by atoms with Crippen LogP contribution in [0.15, 0.2) is 12.3 Å². The minimum atomic E-state index is -0.552. The van der Waals surface area contributed by atoms with Gasteiger partial charge in [-0.1, -0.05) is 13.8 Å². The molecule has 2 N–H and O–H groups in total. The summed E-state index contributed by atoms with van der Waals surface area (Å²) in [6, 6.07) is 3.30. The summed E-state index contributed by atoms with van der Waals surface area (Å²) in [4.78, 5) is 24.7. The van der Waals surface area contributed by atoms with Crippen LogP contribution < -0.4 is 15.5 Å². The van der Waals surface area contributed by atoms with Crippen LogP contribution >= 0.6 is 11.8 Å². The van der Waals surface area contributed by atoms with Crippen molar-refractivity contribution in [3.63, 3.8) is 0 Å². The lowest BCUT2D eigenvalue weighted by atomic mass is 10.0. The van der Waals surface area contributed by atoms with Crippen molar-refractivity contribution in [3.8, 4) is 6.07 Å². The molecule has 0 bridgehead atoms. The second kappa shape index (κ2) is 8.73. The number of nitrogens with two attached hydrogens (primary N) is 1. The van der Waals surface area contributed by atoms with Crippen molar-refractivity contribution in [2.75, 3.05) is 40.9 Å². The van der Waals surface area contributed by atoms with Crippen LogP contribution in [0.4, 0.5) is 11.8 Å². The van der Waals surface area contributed by atoms with Gasteiger partial charge in [-0.15, -0.1) is 0 Å². The zero-order valence-corrected chi connectivity index (χ0v) is 15.0. The molecule has 2 rings (SSSR count). The van der Waals surface area contributed by atoms with E-state index in [-0.39, 0.29) is 12.5 Å². The van der Waals surface area contributed by atoms with Crippen molar-refractivity contribution in [2.45, 2.75) is 26.3 Å². The number of anilines is 2. The van der Waals surface area contributed by atoms with Crippen LogP contribution in [-0.2, 0) is 4.79 Å². The van der Waals surface area contributed by atoms with Gasteiger partial charge in [0.05, 0.1) is 6.07 Å². The molecule has 1 atom stereocenters. The predicted molar refractivity (Wildman–Crippen MR) is 97.0 cm³/mol. The van der Waals surface area contributed by atoms with Crippen LogP contribution in [0.1, 0.15) is 20.3 Å². The molecule has 1 aliphatic rings. The molecule has 0 unspecified atom stereocenters. The van der Waals surface area contributed by atoms with Gasteiger partial charge in [-0.25, -0.2) is 4.98 Å². The molecule has 1 aromatic rings. The summed E-state index contributed by atoms with van der Waals surface area (Å²) in [5.74, 6) is 3.16. The van der Waals surface area contributed by atoms with E-state index in [1.54, 1.807) is 17.2 Å². The topological polar surface area (TPSA) is 99.1 Å². The van der Waals surface area contributed by atoms with Gasteiger partial charge in [0.2, 0.25) is 11.9 Å². The van der Waals surface area contributed by atoms with Crippen molar-refractivity contribution in [1.29, 1.82) is 5.26 Å². The summed E-state index contributed by atoms with van der Waals surface area (Å²) in [6.45, 7) is 5.91. The maximum absolute atomic E-state index is 11.9. The average Bonchev–Trinajstić information content (AvgIpc) is 2.58. The van der Waals surface area contributed by atoms with E-state index in [0.29, 0.717) is 18.2 Å². The Morgan fingerprint density at radius 3 is 2.79 bits per heavy atom. The van der Waals surface area contributed by atoms with E-state index in [4.69, 9.17) is 5.73 Å². The Bertz CT molecular complexity index is 596. The first kappa shape index (κ1) is 18.3. The van der Waals surface area contributed by atoms with Crippen LogP contribution in [0, 0.1) is 17.2 Å². The molecule has 1 amide bonds. The molecule has 0 aliphatic carbocycles. The molecular weight excluding hydrogens is 324 g/mol. The molecule has 0 spiro atoms. The lowest BCUT2D eigenvalue weighted by Crippen LogP contribution is -2.46. The Morgan fingerprint density at radius 2 is 2.21 bits per heavy atom. The van der Waals surface area contributed by atoms with Crippen molar-refractivity contribution < 1.29 is 4.79 Å². The second-order valence-electron chi connectivity index (χ2n) is 6.15. The van der Waals surface area contributed by atoms with Gasteiger partial charge in [-0.05, 0) is 18.4 Å². The average molecular weight is 348 g/mol. The highest BCUT2D eigenvalue weighted by atomic mass is 32.2. The number of aromatic nitrogens is 2. The molecule has 0 aromatic carbocycles. The number of rotatable bonds is 7. The van der Waals surface area contributed by atoms with Crippen molar-refractivity contribution in [2.24, 2.45) is 11.7 Å². The number of primary amides is 1. The number of nitrogens with zero attached hydrogens (tertiary/aromatic N) is 5. The van der Waals surface area contributed by atoms with Gasteiger partial charge in [0.15, 0.2) is 0 Å². The summed E-state index contributed by atoms with van der Waals surface area (Å²) >= 11 is 1.92. The van der Waals surface area contributed by atoms with Crippen LogP contribution in [-0.4, -0.2) is 53.1 Å². The third-order valence-electron chi connectivity index (χ3n) is 3.86. The molecule has 1 aromatic heterocycles. The highest BCUT2D eigenvalue weighted by Gasteiger charge is 2.27. The van der Waals surface area contributed by atoms with Gasteiger partial charge < -0.3 is 15.5 Å². The molecule has 2 heterocycles. The number of amides is 1. The number of hydrogen-bond donors (Lipinski definition) is 1. The quantitative estimate of drug-likeness (QED) is 0.741. The van der Waals surface area contributed by atoms with E-state index in [9.17, 15) is 10.1 Å². The zero-order chi connectivity index (χ0) is 17.5. The van der Waals surface area contributed by atoms with Gasteiger partial charge in [0.25, 0.3) is 0 Å². The van der Waals surface area contributed by atoms with Crippen LogP contribution in [0.5, 0.6) is 0 Å². The van der Waals surface area contributed by atoms with E-state index < -0.39 is 11.9 Å². The smallest absolute Gasteiger partial charge is 0.240 e. The Balaban J connectivity index is 2.29. The number of hydrogen-bond acceptors (Lipinski definition) is 7. The highest BCUT2D eigenvalue weighted by Crippen LogP contribution is 2.22. The molecular formula is C16H24N6OS. The fourth-order valence-corrected chi connectivity index (χ4v) is 3.59. The van der Waals surface area contributed by atoms with Crippen LogP contribution in [0.3, 0.4) is 0 Å². The minimum Gasteiger partial charge on any atom is -0.368 e.